The van der Waals surface area contributed by atoms with Gasteiger partial charge < -0.3 is 4.90 Å². The lowest BCUT2D eigenvalue weighted by Crippen LogP contribution is -2.51. The van der Waals surface area contributed by atoms with Crippen molar-refractivity contribution in [3.05, 3.63) is 21.9 Å². The lowest BCUT2D eigenvalue weighted by Gasteiger charge is -2.36. The normalized spacial score (nSPS) is 21.1. The van der Waals surface area contributed by atoms with Gasteiger partial charge in [-0.05, 0) is 38.3 Å². The summed E-state index contributed by atoms with van der Waals surface area (Å²) in [6, 6.07) is 1.73. The third-order valence-electron chi connectivity index (χ3n) is 3.09. The number of carbonyl (C=O) groups is 1. The van der Waals surface area contributed by atoms with Crippen molar-refractivity contribution in [3.8, 4) is 0 Å². The SMILES string of the molecule is Cc1ccc(C(=O)N2CCCCC2C(F)(F)F)s1. The van der Waals surface area contributed by atoms with E-state index < -0.39 is 18.1 Å². The smallest absolute Gasteiger partial charge is 0.326 e. The minimum atomic E-state index is -4.33. The average molecular weight is 277 g/mol. The molecule has 1 unspecified atom stereocenters. The average Bonchev–Trinajstić information content (AvgIpc) is 2.74. The van der Waals surface area contributed by atoms with E-state index in [1.807, 2.05) is 6.92 Å². The Morgan fingerprint density at radius 1 is 1.39 bits per heavy atom. The van der Waals surface area contributed by atoms with Gasteiger partial charge in [0.15, 0.2) is 0 Å². The van der Waals surface area contributed by atoms with Crippen LogP contribution in [0.15, 0.2) is 12.1 Å². The number of thiophene rings is 1. The first-order chi connectivity index (χ1) is 8.39. The molecule has 18 heavy (non-hydrogen) atoms. The number of amides is 1. The zero-order chi connectivity index (χ0) is 13.3. The van der Waals surface area contributed by atoms with Gasteiger partial charge >= 0.3 is 6.18 Å². The molecule has 1 aromatic heterocycles. The van der Waals surface area contributed by atoms with E-state index in [0.29, 0.717) is 17.7 Å². The Bertz CT molecular complexity index is 441. The molecule has 2 nitrogen and oxygen atoms in total. The Morgan fingerprint density at radius 3 is 2.67 bits per heavy atom. The van der Waals surface area contributed by atoms with Crippen LogP contribution in [-0.4, -0.2) is 29.6 Å². The first kappa shape index (κ1) is 13.4. The molecule has 1 aliphatic heterocycles. The molecule has 0 spiro atoms. The molecule has 2 rings (SSSR count). The number of aryl methyl sites for hydroxylation is 1. The Labute approximate surface area is 107 Å². The Kier molecular flexibility index (Phi) is 3.66. The summed E-state index contributed by atoms with van der Waals surface area (Å²) in [6.45, 7) is 2.03. The van der Waals surface area contributed by atoms with E-state index in [1.165, 1.54) is 11.3 Å². The number of alkyl halides is 3. The number of carbonyl (C=O) groups excluding carboxylic acids is 1. The van der Waals surface area contributed by atoms with Gasteiger partial charge in [-0.1, -0.05) is 0 Å². The third kappa shape index (κ3) is 2.68. The van der Waals surface area contributed by atoms with E-state index >= 15 is 0 Å². The van der Waals surface area contributed by atoms with Crippen LogP contribution in [0.5, 0.6) is 0 Å². The predicted octanol–water partition coefficient (Wildman–Crippen LogP) is 3.61. The quantitative estimate of drug-likeness (QED) is 0.768. The van der Waals surface area contributed by atoms with Gasteiger partial charge in [-0.3, -0.25) is 4.79 Å². The maximum Gasteiger partial charge on any atom is 0.408 e. The van der Waals surface area contributed by atoms with Crippen LogP contribution in [0.25, 0.3) is 0 Å². The number of nitrogens with zero attached hydrogens (tertiary/aromatic N) is 1. The van der Waals surface area contributed by atoms with Crippen LogP contribution in [0.4, 0.5) is 13.2 Å². The molecule has 0 N–H and O–H groups in total. The van der Waals surface area contributed by atoms with Crippen molar-refractivity contribution in [2.75, 3.05) is 6.54 Å². The van der Waals surface area contributed by atoms with Crippen molar-refractivity contribution < 1.29 is 18.0 Å². The highest BCUT2D eigenvalue weighted by atomic mass is 32.1. The number of piperidine rings is 1. The van der Waals surface area contributed by atoms with E-state index in [0.717, 1.165) is 9.78 Å². The molecular formula is C12H14F3NOS. The fourth-order valence-corrected chi connectivity index (χ4v) is 3.03. The Hall–Kier alpha value is -1.04. The first-order valence-corrected chi connectivity index (χ1v) is 6.65. The number of hydrogen-bond acceptors (Lipinski definition) is 2. The molecule has 0 radical (unpaired) electrons. The fraction of sp³-hybridized carbons (Fsp3) is 0.583. The highest BCUT2D eigenvalue weighted by Crippen LogP contribution is 2.33. The van der Waals surface area contributed by atoms with Crippen molar-refractivity contribution in [3.63, 3.8) is 0 Å². The minimum Gasteiger partial charge on any atom is -0.326 e. The molecule has 100 valence electrons. The topological polar surface area (TPSA) is 20.3 Å². The lowest BCUT2D eigenvalue weighted by atomic mass is 10.0. The van der Waals surface area contributed by atoms with E-state index in [2.05, 4.69) is 0 Å². The van der Waals surface area contributed by atoms with Crippen molar-refractivity contribution in [2.45, 2.75) is 38.4 Å². The lowest BCUT2D eigenvalue weighted by molar-refractivity contribution is -0.183. The van der Waals surface area contributed by atoms with E-state index in [4.69, 9.17) is 0 Å². The molecule has 1 aromatic rings. The monoisotopic (exact) mass is 277 g/mol. The fourth-order valence-electron chi connectivity index (χ4n) is 2.21. The number of hydrogen-bond donors (Lipinski definition) is 0. The van der Waals surface area contributed by atoms with Gasteiger partial charge in [0.1, 0.15) is 6.04 Å². The molecule has 6 heteroatoms. The first-order valence-electron chi connectivity index (χ1n) is 5.83. The third-order valence-corrected chi connectivity index (χ3v) is 4.08. The van der Waals surface area contributed by atoms with Crippen LogP contribution >= 0.6 is 11.3 Å². The summed E-state index contributed by atoms with van der Waals surface area (Å²) in [5.74, 6) is -0.491. The molecule has 0 aliphatic carbocycles. The molecular weight excluding hydrogens is 263 g/mol. The van der Waals surface area contributed by atoms with Crippen molar-refractivity contribution in [1.29, 1.82) is 0 Å². The molecule has 1 fully saturated rings. The summed E-state index contributed by atoms with van der Waals surface area (Å²) >= 11 is 1.24. The van der Waals surface area contributed by atoms with Gasteiger partial charge in [0, 0.05) is 11.4 Å². The van der Waals surface area contributed by atoms with Crippen LogP contribution in [-0.2, 0) is 0 Å². The second-order valence-corrected chi connectivity index (χ2v) is 5.75. The zero-order valence-corrected chi connectivity index (χ0v) is 10.8. The largest absolute Gasteiger partial charge is 0.408 e. The maximum atomic E-state index is 12.9. The molecule has 1 aliphatic rings. The Morgan fingerprint density at radius 2 is 2.11 bits per heavy atom. The maximum absolute atomic E-state index is 12.9. The second-order valence-electron chi connectivity index (χ2n) is 4.46. The zero-order valence-electron chi connectivity index (χ0n) is 9.96. The minimum absolute atomic E-state index is 0.0135. The van der Waals surface area contributed by atoms with Crippen LogP contribution < -0.4 is 0 Å². The summed E-state index contributed by atoms with van der Waals surface area (Å²) in [6.07, 6.45) is -3.15. The van der Waals surface area contributed by atoms with Gasteiger partial charge in [-0.15, -0.1) is 11.3 Å². The van der Waals surface area contributed by atoms with Crippen molar-refractivity contribution in [1.82, 2.24) is 4.90 Å². The van der Waals surface area contributed by atoms with Crippen LogP contribution in [0.1, 0.15) is 33.8 Å². The number of rotatable bonds is 1. The molecule has 1 atom stereocenters. The summed E-state index contributed by atoms with van der Waals surface area (Å²) in [7, 11) is 0. The van der Waals surface area contributed by atoms with Crippen molar-refractivity contribution in [2.24, 2.45) is 0 Å². The molecule has 1 amide bonds. The van der Waals surface area contributed by atoms with Crippen molar-refractivity contribution >= 4 is 17.2 Å². The summed E-state index contributed by atoms with van der Waals surface area (Å²) in [4.78, 5) is 14.4. The van der Waals surface area contributed by atoms with Crippen LogP contribution in [0, 0.1) is 6.92 Å². The number of likely N-dealkylation sites (tertiary alicyclic amines) is 1. The van der Waals surface area contributed by atoms with Gasteiger partial charge in [-0.2, -0.15) is 13.2 Å². The van der Waals surface area contributed by atoms with Gasteiger partial charge in [0.05, 0.1) is 4.88 Å². The van der Waals surface area contributed by atoms with Gasteiger partial charge in [-0.25, -0.2) is 0 Å². The van der Waals surface area contributed by atoms with Gasteiger partial charge in [0.2, 0.25) is 0 Å². The summed E-state index contributed by atoms with van der Waals surface area (Å²) < 4.78 is 38.6. The predicted molar refractivity (Wildman–Crippen MR) is 63.8 cm³/mol. The van der Waals surface area contributed by atoms with E-state index in [1.54, 1.807) is 12.1 Å². The van der Waals surface area contributed by atoms with E-state index in [-0.39, 0.29) is 13.0 Å². The molecule has 0 bridgehead atoms. The molecule has 1 saturated heterocycles. The highest BCUT2D eigenvalue weighted by Gasteiger charge is 2.46. The van der Waals surface area contributed by atoms with Crippen LogP contribution in [0.2, 0.25) is 0 Å². The second kappa shape index (κ2) is 4.91. The summed E-state index contributed by atoms with van der Waals surface area (Å²) in [5, 5.41) is 0. The van der Waals surface area contributed by atoms with E-state index in [9.17, 15) is 18.0 Å². The molecule has 2 heterocycles. The van der Waals surface area contributed by atoms with Gasteiger partial charge in [0.25, 0.3) is 5.91 Å². The Balaban J connectivity index is 2.21. The van der Waals surface area contributed by atoms with Crippen LogP contribution in [0.3, 0.4) is 0 Å². The standard InChI is InChI=1S/C12H14F3NOS/c1-8-5-6-9(18-8)11(17)16-7-3-2-4-10(16)12(13,14)15/h5-6,10H,2-4,7H2,1H3. The number of halogens is 3. The molecule has 0 aromatic carbocycles. The highest BCUT2D eigenvalue weighted by molar-refractivity contribution is 7.13. The summed E-state index contributed by atoms with van der Waals surface area (Å²) in [5.41, 5.74) is 0. The molecule has 0 saturated carbocycles.